The Labute approximate surface area is 132 Å². The number of benzene rings is 1. The van der Waals surface area contributed by atoms with E-state index in [0.717, 1.165) is 5.65 Å². The Hall–Kier alpha value is -2.06. The van der Waals surface area contributed by atoms with Gasteiger partial charge in [-0.25, -0.2) is 0 Å². The molecule has 0 spiro atoms. The van der Waals surface area contributed by atoms with E-state index >= 15 is 0 Å². The Morgan fingerprint density at radius 3 is 2.64 bits per heavy atom. The Morgan fingerprint density at radius 2 is 1.82 bits per heavy atom. The molecule has 2 heterocycles. The number of hydrogen-bond acceptors (Lipinski definition) is 6. The number of rotatable bonds is 6. The molecule has 0 unspecified atom stereocenters. The van der Waals surface area contributed by atoms with Gasteiger partial charge < -0.3 is 4.18 Å². The molecule has 0 fully saturated rings. The first-order valence-electron chi connectivity index (χ1n) is 6.54. The largest absolute Gasteiger partial charge is 0.382 e. The van der Waals surface area contributed by atoms with Crippen LogP contribution in [0.5, 0.6) is 5.75 Å². The molecule has 0 saturated heterocycles. The predicted octanol–water partition coefficient (Wildman–Crippen LogP) is 2.23. The Kier molecular flexibility index (Phi) is 4.30. The lowest BCUT2D eigenvalue weighted by atomic mass is 10.3. The zero-order chi connectivity index (χ0) is 15.4. The molecule has 0 amide bonds. The van der Waals surface area contributed by atoms with Gasteiger partial charge in [-0.15, -0.1) is 10.2 Å². The fourth-order valence-electron chi connectivity index (χ4n) is 1.82. The van der Waals surface area contributed by atoms with E-state index in [4.69, 9.17) is 4.18 Å². The van der Waals surface area contributed by atoms with Crippen LogP contribution in [0.1, 0.15) is 0 Å². The van der Waals surface area contributed by atoms with Gasteiger partial charge in [0.05, 0.1) is 5.75 Å². The second-order valence-electron chi connectivity index (χ2n) is 4.42. The molecule has 0 N–H and O–H groups in total. The van der Waals surface area contributed by atoms with Crippen LogP contribution in [-0.4, -0.2) is 34.5 Å². The molecule has 0 bridgehead atoms. The molecule has 114 valence electrons. The summed E-state index contributed by atoms with van der Waals surface area (Å²) in [6.07, 6.45) is 1.84. The summed E-state index contributed by atoms with van der Waals surface area (Å²) in [7, 11) is -3.62. The minimum atomic E-state index is -3.62. The molecule has 0 atom stereocenters. The highest BCUT2D eigenvalue weighted by atomic mass is 32.2. The molecule has 2 aromatic heterocycles. The van der Waals surface area contributed by atoms with Crippen molar-refractivity contribution in [1.82, 2.24) is 14.6 Å². The van der Waals surface area contributed by atoms with Gasteiger partial charge in [0.25, 0.3) is 0 Å². The van der Waals surface area contributed by atoms with Gasteiger partial charge in [-0.05, 0) is 24.3 Å². The number of para-hydroxylation sites is 1. The minimum Gasteiger partial charge on any atom is -0.382 e. The zero-order valence-corrected chi connectivity index (χ0v) is 13.1. The maximum Gasteiger partial charge on any atom is 0.310 e. The molecule has 0 aliphatic carbocycles. The summed E-state index contributed by atoms with van der Waals surface area (Å²) in [6.45, 7) is 0. The van der Waals surface area contributed by atoms with Crippen molar-refractivity contribution >= 4 is 27.5 Å². The number of pyridine rings is 1. The highest BCUT2D eigenvalue weighted by Crippen LogP contribution is 2.18. The number of nitrogens with zero attached hydrogens (tertiary/aromatic N) is 3. The van der Waals surface area contributed by atoms with Gasteiger partial charge in [-0.1, -0.05) is 36.0 Å². The van der Waals surface area contributed by atoms with Crippen LogP contribution in [0.4, 0.5) is 0 Å². The van der Waals surface area contributed by atoms with Crippen LogP contribution in [-0.2, 0) is 10.1 Å². The van der Waals surface area contributed by atoms with E-state index < -0.39 is 10.1 Å². The van der Waals surface area contributed by atoms with Crippen molar-refractivity contribution in [2.45, 2.75) is 5.16 Å². The average molecular weight is 335 g/mol. The molecule has 22 heavy (non-hydrogen) atoms. The van der Waals surface area contributed by atoms with E-state index in [-0.39, 0.29) is 5.75 Å². The second-order valence-corrected chi connectivity index (χ2v) is 7.17. The normalized spacial score (nSPS) is 11.6. The zero-order valence-electron chi connectivity index (χ0n) is 11.5. The molecule has 0 aliphatic rings. The van der Waals surface area contributed by atoms with Gasteiger partial charge in [0, 0.05) is 11.9 Å². The van der Waals surface area contributed by atoms with Crippen LogP contribution in [0, 0.1) is 0 Å². The first kappa shape index (κ1) is 14.9. The van der Waals surface area contributed by atoms with Crippen LogP contribution >= 0.6 is 11.8 Å². The maximum absolute atomic E-state index is 11.9. The van der Waals surface area contributed by atoms with Crippen molar-refractivity contribution in [2.75, 3.05) is 11.5 Å². The smallest absolute Gasteiger partial charge is 0.310 e. The summed E-state index contributed by atoms with van der Waals surface area (Å²) in [4.78, 5) is 0. The SMILES string of the molecule is O=S(=O)(CCSc1nnc2ccccn12)Oc1ccccc1. The number of aromatic nitrogens is 3. The van der Waals surface area contributed by atoms with Gasteiger partial charge >= 0.3 is 10.1 Å². The fourth-order valence-corrected chi connectivity index (χ4v) is 4.03. The topological polar surface area (TPSA) is 73.6 Å². The van der Waals surface area contributed by atoms with Crippen LogP contribution in [0.2, 0.25) is 0 Å². The quantitative estimate of drug-likeness (QED) is 0.508. The van der Waals surface area contributed by atoms with Crippen LogP contribution in [0.25, 0.3) is 5.65 Å². The molecule has 0 aliphatic heterocycles. The van der Waals surface area contributed by atoms with E-state index in [1.165, 1.54) is 11.8 Å². The van der Waals surface area contributed by atoms with Gasteiger partial charge in [0.2, 0.25) is 0 Å². The third-order valence-electron chi connectivity index (χ3n) is 2.81. The number of hydrogen-bond donors (Lipinski definition) is 0. The third-order valence-corrected chi connectivity index (χ3v) is 5.17. The molecule has 3 rings (SSSR count). The third kappa shape index (κ3) is 3.58. The Morgan fingerprint density at radius 1 is 1.05 bits per heavy atom. The van der Waals surface area contributed by atoms with Crippen molar-refractivity contribution in [3.05, 3.63) is 54.7 Å². The standard InChI is InChI=1S/C14H13N3O3S2/c18-22(19,20-12-6-2-1-3-7-12)11-10-21-14-16-15-13-8-4-5-9-17(13)14/h1-9H,10-11H2. The summed E-state index contributed by atoms with van der Waals surface area (Å²) in [5, 5.41) is 8.71. The van der Waals surface area contributed by atoms with E-state index in [9.17, 15) is 8.42 Å². The lowest BCUT2D eigenvalue weighted by molar-refractivity contribution is 0.488. The van der Waals surface area contributed by atoms with Crippen molar-refractivity contribution in [3.63, 3.8) is 0 Å². The highest BCUT2D eigenvalue weighted by molar-refractivity contribution is 8.00. The lowest BCUT2D eigenvalue weighted by Crippen LogP contribution is -2.15. The molecular formula is C14H13N3O3S2. The molecule has 0 saturated carbocycles. The van der Waals surface area contributed by atoms with E-state index in [1.54, 1.807) is 30.3 Å². The van der Waals surface area contributed by atoms with Crippen LogP contribution in [0.15, 0.2) is 59.9 Å². The predicted molar refractivity (Wildman–Crippen MR) is 84.6 cm³/mol. The van der Waals surface area contributed by atoms with Gasteiger partial charge in [-0.2, -0.15) is 8.42 Å². The fraction of sp³-hybridized carbons (Fsp3) is 0.143. The number of thioether (sulfide) groups is 1. The van der Waals surface area contributed by atoms with Crippen molar-refractivity contribution in [3.8, 4) is 5.75 Å². The molecule has 1 aromatic carbocycles. The minimum absolute atomic E-state index is 0.103. The molecule has 3 aromatic rings. The molecule has 0 radical (unpaired) electrons. The number of fused-ring (bicyclic) bond motifs is 1. The summed E-state index contributed by atoms with van der Waals surface area (Å²) in [5.41, 5.74) is 0.730. The van der Waals surface area contributed by atoms with Crippen molar-refractivity contribution in [1.29, 1.82) is 0 Å². The van der Waals surface area contributed by atoms with Crippen LogP contribution in [0.3, 0.4) is 0 Å². The summed E-state index contributed by atoms with van der Waals surface area (Å²) in [6, 6.07) is 14.0. The monoisotopic (exact) mass is 335 g/mol. The lowest BCUT2D eigenvalue weighted by Gasteiger charge is -2.06. The first-order chi connectivity index (χ1) is 10.6. The van der Waals surface area contributed by atoms with E-state index in [1.807, 2.05) is 28.8 Å². The second kappa shape index (κ2) is 6.37. The summed E-state index contributed by atoms with van der Waals surface area (Å²) < 4.78 is 30.7. The average Bonchev–Trinajstić information content (AvgIpc) is 2.91. The summed E-state index contributed by atoms with van der Waals surface area (Å²) >= 11 is 1.32. The van der Waals surface area contributed by atoms with Crippen LogP contribution < -0.4 is 4.18 Å². The Bertz CT molecular complexity index is 863. The van der Waals surface area contributed by atoms with Crippen molar-refractivity contribution in [2.24, 2.45) is 0 Å². The molecular weight excluding hydrogens is 322 g/mol. The van der Waals surface area contributed by atoms with Gasteiger partial charge in [-0.3, -0.25) is 4.40 Å². The molecule has 6 nitrogen and oxygen atoms in total. The van der Waals surface area contributed by atoms with Gasteiger partial charge in [0.15, 0.2) is 10.8 Å². The van der Waals surface area contributed by atoms with E-state index in [2.05, 4.69) is 10.2 Å². The molecule has 8 heteroatoms. The summed E-state index contributed by atoms with van der Waals surface area (Å²) in [5.74, 6) is 0.555. The van der Waals surface area contributed by atoms with Crippen molar-refractivity contribution < 1.29 is 12.6 Å². The van der Waals surface area contributed by atoms with E-state index in [0.29, 0.717) is 16.7 Å². The van der Waals surface area contributed by atoms with Gasteiger partial charge in [0.1, 0.15) is 5.75 Å². The first-order valence-corrected chi connectivity index (χ1v) is 9.10. The highest BCUT2D eigenvalue weighted by Gasteiger charge is 2.14. The maximum atomic E-state index is 11.9. The Balaban J connectivity index is 1.60.